The summed E-state index contributed by atoms with van der Waals surface area (Å²) in [6.45, 7) is 3.59. The molecular weight excluding hydrogens is 461 g/mol. The second-order valence-corrected chi connectivity index (χ2v) is 8.61. The molecule has 5 rings (SSSR count). The molecule has 1 aliphatic carbocycles. The van der Waals surface area contributed by atoms with Crippen molar-refractivity contribution in [1.29, 1.82) is 5.26 Å². The first-order valence-corrected chi connectivity index (χ1v) is 10.9. The summed E-state index contributed by atoms with van der Waals surface area (Å²) in [5.41, 5.74) is -0.0757. The van der Waals surface area contributed by atoms with Crippen LogP contribution in [0.4, 0.5) is 13.2 Å². The first kappa shape index (κ1) is 22.6. The van der Waals surface area contributed by atoms with Gasteiger partial charge in [0.05, 0.1) is 6.04 Å². The monoisotopic (exact) mass is 480 g/mol. The highest BCUT2D eigenvalue weighted by Crippen LogP contribution is 2.46. The number of nitriles is 1. The Kier molecular flexibility index (Phi) is 5.35. The van der Waals surface area contributed by atoms with Crippen molar-refractivity contribution in [3.8, 4) is 6.07 Å². The zero-order chi connectivity index (χ0) is 24.9. The molecule has 1 aliphatic rings. The van der Waals surface area contributed by atoms with Crippen LogP contribution >= 0.6 is 0 Å². The van der Waals surface area contributed by atoms with Crippen LogP contribution in [0.3, 0.4) is 0 Å². The van der Waals surface area contributed by atoms with Crippen LogP contribution in [-0.4, -0.2) is 34.7 Å². The average molecular weight is 480 g/mol. The van der Waals surface area contributed by atoms with E-state index >= 15 is 0 Å². The van der Waals surface area contributed by atoms with Crippen LogP contribution in [0.15, 0.2) is 35.5 Å². The van der Waals surface area contributed by atoms with Crippen molar-refractivity contribution in [2.45, 2.75) is 50.7 Å². The number of pyridine rings is 1. The van der Waals surface area contributed by atoms with Crippen molar-refractivity contribution < 1.29 is 13.2 Å². The molecule has 0 amide bonds. The minimum atomic E-state index is -4.56. The predicted molar refractivity (Wildman–Crippen MR) is 117 cm³/mol. The Balaban J connectivity index is 1.56. The maximum atomic E-state index is 13.0. The van der Waals surface area contributed by atoms with Gasteiger partial charge in [-0.3, -0.25) is 9.78 Å². The van der Waals surface area contributed by atoms with Gasteiger partial charge in [0, 0.05) is 30.4 Å². The third kappa shape index (κ3) is 3.92. The highest BCUT2D eigenvalue weighted by Gasteiger charge is 2.38. The van der Waals surface area contributed by atoms with Crippen LogP contribution in [0, 0.1) is 18.3 Å². The van der Waals surface area contributed by atoms with E-state index < -0.39 is 23.5 Å². The molecule has 12 heteroatoms. The van der Waals surface area contributed by atoms with Gasteiger partial charge in [-0.15, -0.1) is 0 Å². The Hall–Kier alpha value is -4.14. The Morgan fingerprint density at radius 3 is 2.43 bits per heavy atom. The lowest BCUT2D eigenvalue weighted by molar-refractivity contribution is -0.141. The number of aromatic nitrogens is 7. The minimum absolute atomic E-state index is 0.0143. The van der Waals surface area contributed by atoms with E-state index in [9.17, 15) is 23.2 Å². The predicted octanol–water partition coefficient (Wildman–Crippen LogP) is 3.77. The van der Waals surface area contributed by atoms with E-state index in [1.54, 1.807) is 19.3 Å². The number of aromatic amines is 1. The van der Waals surface area contributed by atoms with Gasteiger partial charge in [0.25, 0.3) is 5.56 Å². The number of nitrogens with one attached hydrogen (secondary N) is 1. The van der Waals surface area contributed by atoms with E-state index in [4.69, 9.17) is 0 Å². The number of nitrogens with zero attached hydrogens (tertiary/aromatic N) is 7. The summed E-state index contributed by atoms with van der Waals surface area (Å²) in [6, 6.07) is 3.46. The molecule has 178 valence electrons. The van der Waals surface area contributed by atoms with Gasteiger partial charge in [-0.2, -0.15) is 23.5 Å². The Labute approximate surface area is 196 Å². The molecule has 1 saturated carbocycles. The van der Waals surface area contributed by atoms with Gasteiger partial charge in [0.2, 0.25) is 0 Å². The van der Waals surface area contributed by atoms with Crippen molar-refractivity contribution in [2.75, 3.05) is 0 Å². The van der Waals surface area contributed by atoms with E-state index in [0.29, 0.717) is 17.2 Å². The summed E-state index contributed by atoms with van der Waals surface area (Å²) in [5, 5.41) is 13.8. The number of hydrogen-bond acceptors (Lipinski definition) is 7. The molecule has 0 aliphatic heterocycles. The average Bonchev–Trinajstić information content (AvgIpc) is 3.18. The second kappa shape index (κ2) is 8.26. The highest BCUT2D eigenvalue weighted by atomic mass is 19.4. The molecule has 35 heavy (non-hydrogen) atoms. The number of rotatable bonds is 4. The molecule has 0 saturated heterocycles. The number of halogens is 3. The maximum Gasteiger partial charge on any atom is 0.433 e. The molecule has 4 heterocycles. The summed E-state index contributed by atoms with van der Waals surface area (Å²) < 4.78 is 40.1. The van der Waals surface area contributed by atoms with Crippen molar-refractivity contribution >= 4 is 11.0 Å². The van der Waals surface area contributed by atoms with Gasteiger partial charge in [-0.1, -0.05) is 6.07 Å². The van der Waals surface area contributed by atoms with Gasteiger partial charge in [0.1, 0.15) is 28.8 Å². The van der Waals surface area contributed by atoms with Gasteiger partial charge in [-0.25, -0.2) is 19.6 Å². The quantitative estimate of drug-likeness (QED) is 0.471. The van der Waals surface area contributed by atoms with E-state index in [0.717, 1.165) is 30.7 Å². The van der Waals surface area contributed by atoms with Crippen molar-refractivity contribution in [3.63, 3.8) is 0 Å². The SMILES string of the molecule is Cc1cnc(C2CCC2c2nc3c(c(C#N)nn3C(C)c3ccc(C(F)(F)F)nc3)c(=O)[nH]2)nc1. The number of hydrogen-bond donors (Lipinski definition) is 1. The zero-order valence-electron chi connectivity index (χ0n) is 18.7. The Bertz CT molecular complexity index is 1500. The molecule has 4 aromatic heterocycles. The third-order valence-corrected chi connectivity index (χ3v) is 6.37. The zero-order valence-corrected chi connectivity index (χ0v) is 18.7. The first-order chi connectivity index (χ1) is 16.7. The summed E-state index contributed by atoms with van der Waals surface area (Å²) in [5.74, 6) is 0.975. The fraction of sp³-hybridized carbons (Fsp3) is 0.348. The molecule has 3 atom stereocenters. The maximum absolute atomic E-state index is 13.0. The topological polar surface area (TPSA) is 126 Å². The molecule has 0 spiro atoms. The van der Waals surface area contributed by atoms with Crippen molar-refractivity contribution in [3.05, 3.63) is 75.2 Å². The van der Waals surface area contributed by atoms with Crippen molar-refractivity contribution in [1.82, 2.24) is 34.7 Å². The van der Waals surface area contributed by atoms with Crippen LogP contribution < -0.4 is 5.56 Å². The molecule has 1 fully saturated rings. The first-order valence-electron chi connectivity index (χ1n) is 10.9. The molecule has 1 N–H and O–H groups in total. The fourth-order valence-electron chi connectivity index (χ4n) is 4.28. The number of fused-ring (bicyclic) bond motifs is 1. The minimum Gasteiger partial charge on any atom is -0.310 e. The molecule has 9 nitrogen and oxygen atoms in total. The smallest absolute Gasteiger partial charge is 0.310 e. The normalized spacial score (nSPS) is 18.7. The second-order valence-electron chi connectivity index (χ2n) is 8.61. The molecule has 0 aromatic carbocycles. The van der Waals surface area contributed by atoms with E-state index in [1.807, 2.05) is 13.0 Å². The standard InChI is InChI=1S/C23H19F3N8O/c1-11-8-29-19(30-9-11)14-4-5-15(14)20-31-21-18(22(35)32-20)16(7-27)33-34(21)12(2)13-3-6-17(28-10-13)23(24,25)26/h3,6,8-10,12,14-15H,4-5H2,1-2H3,(H,31,32,35). The summed E-state index contributed by atoms with van der Waals surface area (Å²) in [7, 11) is 0. The lowest BCUT2D eigenvalue weighted by atomic mass is 9.72. The van der Waals surface area contributed by atoms with E-state index in [2.05, 4.69) is 30.0 Å². The molecule has 0 bridgehead atoms. The number of H-pyrrole nitrogens is 1. The van der Waals surface area contributed by atoms with Crippen LogP contribution in [0.25, 0.3) is 11.0 Å². The number of aryl methyl sites for hydroxylation is 1. The van der Waals surface area contributed by atoms with Gasteiger partial charge < -0.3 is 4.98 Å². The van der Waals surface area contributed by atoms with Crippen LogP contribution in [0.5, 0.6) is 0 Å². The molecule has 4 aromatic rings. The van der Waals surface area contributed by atoms with Gasteiger partial charge >= 0.3 is 6.18 Å². The summed E-state index contributed by atoms with van der Waals surface area (Å²) in [4.78, 5) is 32.7. The van der Waals surface area contributed by atoms with E-state index in [1.165, 1.54) is 10.7 Å². The molecule has 0 radical (unpaired) electrons. The molecular formula is C23H19F3N8O. The van der Waals surface area contributed by atoms with Gasteiger partial charge in [-0.05, 0) is 43.9 Å². The van der Waals surface area contributed by atoms with E-state index in [-0.39, 0.29) is 28.6 Å². The fourth-order valence-corrected chi connectivity index (χ4v) is 4.28. The Morgan fingerprint density at radius 2 is 1.86 bits per heavy atom. The van der Waals surface area contributed by atoms with Crippen LogP contribution in [0.2, 0.25) is 0 Å². The third-order valence-electron chi connectivity index (χ3n) is 6.37. The number of alkyl halides is 3. The largest absolute Gasteiger partial charge is 0.433 e. The summed E-state index contributed by atoms with van der Waals surface area (Å²) >= 11 is 0. The van der Waals surface area contributed by atoms with Crippen LogP contribution in [0.1, 0.15) is 71.8 Å². The molecule has 3 unspecified atom stereocenters. The summed E-state index contributed by atoms with van der Waals surface area (Å²) in [6.07, 6.45) is 1.65. The van der Waals surface area contributed by atoms with Crippen LogP contribution in [-0.2, 0) is 6.18 Å². The lowest BCUT2D eigenvalue weighted by Gasteiger charge is -2.34. The Morgan fingerprint density at radius 1 is 1.14 bits per heavy atom. The highest BCUT2D eigenvalue weighted by molar-refractivity contribution is 5.80. The van der Waals surface area contributed by atoms with Crippen molar-refractivity contribution in [2.24, 2.45) is 0 Å². The lowest BCUT2D eigenvalue weighted by Crippen LogP contribution is -2.28. The van der Waals surface area contributed by atoms with Gasteiger partial charge in [0.15, 0.2) is 11.3 Å².